The largest absolute Gasteiger partial charge is 0.390 e. The fraction of sp³-hybridized carbons (Fsp3) is 0.333. The van der Waals surface area contributed by atoms with Gasteiger partial charge in [-0.15, -0.1) is 0 Å². The first kappa shape index (κ1) is 20.2. The summed E-state index contributed by atoms with van der Waals surface area (Å²) in [6.45, 7) is 3.36. The molecule has 2 aromatic rings. The molecule has 1 atom stereocenters. The van der Waals surface area contributed by atoms with E-state index in [4.69, 9.17) is 23.2 Å². The summed E-state index contributed by atoms with van der Waals surface area (Å²) in [7, 11) is 0. The molecular weight excluding hydrogens is 413 g/mol. The number of anilines is 1. The number of rotatable bonds is 5. The van der Waals surface area contributed by atoms with Gasteiger partial charge in [0.25, 0.3) is 11.8 Å². The zero-order valence-corrected chi connectivity index (χ0v) is 17.2. The van der Waals surface area contributed by atoms with Crippen LogP contribution in [0.1, 0.15) is 20.7 Å². The van der Waals surface area contributed by atoms with Crippen LogP contribution in [0.5, 0.6) is 0 Å². The van der Waals surface area contributed by atoms with E-state index in [-0.39, 0.29) is 18.4 Å². The molecule has 1 N–H and O–H groups in total. The average Bonchev–Trinajstić information content (AvgIpc) is 2.96. The van der Waals surface area contributed by atoms with Crippen LogP contribution >= 0.6 is 23.2 Å². The summed E-state index contributed by atoms with van der Waals surface area (Å²) in [4.78, 5) is 30.3. The number of aliphatic hydroxyl groups is 1. The highest BCUT2D eigenvalue weighted by Gasteiger charge is 2.36. The second-order valence-electron chi connectivity index (χ2n) is 7.28. The summed E-state index contributed by atoms with van der Waals surface area (Å²) < 4.78 is 0. The Kier molecular flexibility index (Phi) is 5.79. The quantitative estimate of drug-likeness (QED) is 0.734. The van der Waals surface area contributed by atoms with Crippen molar-refractivity contribution < 1.29 is 14.7 Å². The van der Waals surface area contributed by atoms with Gasteiger partial charge in [0.1, 0.15) is 0 Å². The molecule has 1 fully saturated rings. The van der Waals surface area contributed by atoms with Crippen molar-refractivity contribution in [2.24, 2.45) is 0 Å². The van der Waals surface area contributed by atoms with Gasteiger partial charge in [-0.2, -0.15) is 0 Å². The molecule has 152 valence electrons. The number of benzene rings is 2. The van der Waals surface area contributed by atoms with Gasteiger partial charge in [0.2, 0.25) is 0 Å². The van der Waals surface area contributed by atoms with Crippen LogP contribution in [0.15, 0.2) is 42.5 Å². The summed E-state index contributed by atoms with van der Waals surface area (Å²) in [6.07, 6.45) is -0.807. The molecule has 29 heavy (non-hydrogen) atoms. The predicted molar refractivity (Wildman–Crippen MR) is 113 cm³/mol. The molecule has 2 heterocycles. The minimum atomic E-state index is -0.807. The number of imide groups is 1. The number of halogens is 2. The van der Waals surface area contributed by atoms with Crippen LogP contribution in [-0.4, -0.2) is 72.1 Å². The number of hydrogen-bond acceptors (Lipinski definition) is 5. The molecule has 6 nitrogen and oxygen atoms in total. The van der Waals surface area contributed by atoms with E-state index >= 15 is 0 Å². The van der Waals surface area contributed by atoms with E-state index in [1.165, 1.54) is 0 Å². The predicted octanol–water partition coefficient (Wildman–Crippen LogP) is 2.77. The zero-order chi connectivity index (χ0) is 20.5. The molecule has 0 saturated carbocycles. The Labute approximate surface area is 179 Å². The molecule has 2 aliphatic rings. The van der Waals surface area contributed by atoms with E-state index in [2.05, 4.69) is 9.80 Å². The number of carbonyl (C=O) groups is 2. The highest BCUT2D eigenvalue weighted by Crippen LogP contribution is 2.33. The van der Waals surface area contributed by atoms with Crippen LogP contribution in [-0.2, 0) is 0 Å². The molecule has 4 rings (SSSR count). The van der Waals surface area contributed by atoms with Gasteiger partial charge in [-0.25, -0.2) is 0 Å². The Morgan fingerprint density at radius 1 is 0.862 bits per heavy atom. The van der Waals surface area contributed by atoms with Crippen LogP contribution in [0.25, 0.3) is 0 Å². The minimum absolute atomic E-state index is 0.00726. The van der Waals surface area contributed by atoms with Crippen LogP contribution in [0.4, 0.5) is 5.69 Å². The maximum Gasteiger partial charge on any atom is 0.261 e. The molecule has 0 bridgehead atoms. The summed E-state index contributed by atoms with van der Waals surface area (Å²) in [5, 5.41) is 11.6. The highest BCUT2D eigenvalue weighted by molar-refractivity contribution is 6.43. The molecule has 1 saturated heterocycles. The van der Waals surface area contributed by atoms with Crippen molar-refractivity contribution in [1.29, 1.82) is 0 Å². The normalized spacial score (nSPS) is 18.3. The molecule has 0 aliphatic carbocycles. The molecule has 2 aliphatic heterocycles. The smallest absolute Gasteiger partial charge is 0.261 e. The van der Waals surface area contributed by atoms with E-state index in [0.29, 0.717) is 27.7 Å². The number of carbonyl (C=O) groups excluding carboxylic acids is 2. The van der Waals surface area contributed by atoms with Gasteiger partial charge in [-0.05, 0) is 24.3 Å². The van der Waals surface area contributed by atoms with Gasteiger partial charge in [0.05, 0.1) is 39.5 Å². The van der Waals surface area contributed by atoms with Crippen LogP contribution in [0.2, 0.25) is 10.0 Å². The van der Waals surface area contributed by atoms with Crippen molar-refractivity contribution in [2.75, 3.05) is 44.2 Å². The number of nitrogens with zero attached hydrogens (tertiary/aromatic N) is 3. The van der Waals surface area contributed by atoms with Gasteiger partial charge < -0.3 is 10.0 Å². The summed E-state index contributed by atoms with van der Waals surface area (Å²) in [5.41, 5.74) is 1.71. The Bertz CT molecular complexity index is 910. The fourth-order valence-electron chi connectivity index (χ4n) is 3.88. The topological polar surface area (TPSA) is 64.1 Å². The molecule has 0 aromatic heterocycles. The van der Waals surface area contributed by atoms with Crippen molar-refractivity contribution in [3.63, 3.8) is 0 Å². The Hall–Kier alpha value is -2.12. The Morgan fingerprint density at radius 2 is 1.48 bits per heavy atom. The molecule has 2 aromatic carbocycles. The summed E-state index contributed by atoms with van der Waals surface area (Å²) in [6, 6.07) is 12.3. The highest BCUT2D eigenvalue weighted by atomic mass is 35.5. The maximum absolute atomic E-state index is 12.4. The van der Waals surface area contributed by atoms with E-state index in [9.17, 15) is 14.7 Å². The third-order valence-corrected chi connectivity index (χ3v) is 6.19. The van der Waals surface area contributed by atoms with Gasteiger partial charge in [0, 0.05) is 32.7 Å². The SMILES string of the molecule is O=C1c2ccccc2C(=O)N1C[C@@H](O)CN1CCN(c2cccc(Cl)c2Cl)CC1. The van der Waals surface area contributed by atoms with E-state index in [1.54, 1.807) is 30.3 Å². The molecule has 0 unspecified atom stereocenters. The van der Waals surface area contributed by atoms with Gasteiger partial charge in [0.15, 0.2) is 0 Å². The van der Waals surface area contributed by atoms with E-state index in [0.717, 1.165) is 36.8 Å². The number of amides is 2. The van der Waals surface area contributed by atoms with Gasteiger partial charge >= 0.3 is 0 Å². The maximum atomic E-state index is 12.4. The first-order valence-corrected chi connectivity index (χ1v) is 10.3. The lowest BCUT2D eigenvalue weighted by molar-refractivity contribution is 0.0469. The molecular formula is C21H21Cl2N3O3. The molecule has 0 radical (unpaired) electrons. The lowest BCUT2D eigenvalue weighted by Crippen LogP contribution is -2.50. The van der Waals surface area contributed by atoms with Crippen molar-refractivity contribution in [3.05, 3.63) is 63.6 Å². The average molecular weight is 434 g/mol. The standard InChI is InChI=1S/C21H21Cl2N3O3/c22-17-6-3-7-18(19(17)23)25-10-8-24(9-11-25)12-14(27)13-26-20(28)15-4-1-2-5-16(15)21(26)29/h1-7,14,27H,8-13H2/t14-/m0/s1. The van der Waals surface area contributed by atoms with E-state index in [1.807, 2.05) is 12.1 Å². The molecule has 8 heteroatoms. The summed E-state index contributed by atoms with van der Waals surface area (Å²) in [5.74, 6) is -0.685. The number of β-amino-alcohol motifs (C(OH)–C–C–N with tert-alkyl or cyclic N) is 1. The Balaban J connectivity index is 1.32. The molecule has 2 amide bonds. The van der Waals surface area contributed by atoms with Crippen molar-refractivity contribution in [2.45, 2.75) is 6.10 Å². The zero-order valence-electron chi connectivity index (χ0n) is 15.7. The molecule has 0 spiro atoms. The van der Waals surface area contributed by atoms with Gasteiger partial charge in [-0.1, -0.05) is 41.4 Å². The third kappa shape index (κ3) is 3.98. The van der Waals surface area contributed by atoms with Crippen LogP contribution < -0.4 is 4.90 Å². The number of fused-ring (bicyclic) bond motifs is 1. The lowest BCUT2D eigenvalue weighted by Gasteiger charge is -2.37. The van der Waals surface area contributed by atoms with Crippen LogP contribution in [0, 0.1) is 0 Å². The second kappa shape index (κ2) is 8.32. The van der Waals surface area contributed by atoms with E-state index < -0.39 is 6.10 Å². The Morgan fingerprint density at radius 3 is 2.10 bits per heavy atom. The monoisotopic (exact) mass is 433 g/mol. The number of piperazine rings is 1. The van der Waals surface area contributed by atoms with Crippen molar-refractivity contribution >= 4 is 40.7 Å². The third-order valence-electron chi connectivity index (χ3n) is 5.38. The van der Waals surface area contributed by atoms with Crippen LogP contribution in [0.3, 0.4) is 0 Å². The first-order valence-electron chi connectivity index (χ1n) is 9.50. The first-order chi connectivity index (χ1) is 14.0. The summed E-state index contributed by atoms with van der Waals surface area (Å²) >= 11 is 12.4. The lowest BCUT2D eigenvalue weighted by atomic mass is 10.1. The number of aliphatic hydroxyl groups excluding tert-OH is 1. The number of hydrogen-bond donors (Lipinski definition) is 1. The second-order valence-corrected chi connectivity index (χ2v) is 8.07. The van der Waals surface area contributed by atoms with Crippen molar-refractivity contribution in [1.82, 2.24) is 9.80 Å². The fourth-order valence-corrected chi connectivity index (χ4v) is 4.29. The van der Waals surface area contributed by atoms with Gasteiger partial charge in [-0.3, -0.25) is 19.4 Å². The minimum Gasteiger partial charge on any atom is -0.390 e. The van der Waals surface area contributed by atoms with Crippen molar-refractivity contribution in [3.8, 4) is 0 Å².